The van der Waals surface area contributed by atoms with Crippen LogP contribution in [0.1, 0.15) is 18.6 Å². The molecule has 1 aromatic rings. The Labute approximate surface area is 102 Å². The van der Waals surface area contributed by atoms with Gasteiger partial charge in [0.15, 0.2) is 0 Å². The SMILES string of the molecule is COC(C)c1ccc(I)c(Cl)c1Cl. The van der Waals surface area contributed by atoms with Gasteiger partial charge in [-0.2, -0.15) is 0 Å². The van der Waals surface area contributed by atoms with Crippen molar-refractivity contribution in [1.29, 1.82) is 0 Å². The van der Waals surface area contributed by atoms with Crippen molar-refractivity contribution < 1.29 is 4.74 Å². The average molecular weight is 331 g/mol. The monoisotopic (exact) mass is 330 g/mol. The van der Waals surface area contributed by atoms with Gasteiger partial charge in [-0.25, -0.2) is 0 Å². The standard InChI is InChI=1S/C9H9Cl2IO/c1-5(13-2)6-3-4-7(12)9(11)8(6)10/h3-5H,1-2H3. The highest BCUT2D eigenvalue weighted by atomic mass is 127. The number of ether oxygens (including phenoxy) is 1. The summed E-state index contributed by atoms with van der Waals surface area (Å²) >= 11 is 14.2. The summed E-state index contributed by atoms with van der Waals surface area (Å²) in [5, 5.41) is 1.19. The van der Waals surface area contributed by atoms with Crippen LogP contribution in [0.2, 0.25) is 10.0 Å². The van der Waals surface area contributed by atoms with Crippen LogP contribution in [0.15, 0.2) is 12.1 Å². The van der Waals surface area contributed by atoms with Crippen molar-refractivity contribution in [2.75, 3.05) is 7.11 Å². The van der Waals surface area contributed by atoms with Gasteiger partial charge in [0.05, 0.1) is 16.1 Å². The Morgan fingerprint density at radius 2 is 1.92 bits per heavy atom. The molecule has 72 valence electrons. The number of hydrogen-bond donors (Lipinski definition) is 0. The summed E-state index contributed by atoms with van der Waals surface area (Å²) in [4.78, 5) is 0. The predicted octanol–water partition coefficient (Wildman–Crippen LogP) is 4.31. The van der Waals surface area contributed by atoms with E-state index in [0.717, 1.165) is 9.13 Å². The highest BCUT2D eigenvalue weighted by Gasteiger charge is 2.12. The van der Waals surface area contributed by atoms with E-state index in [2.05, 4.69) is 22.6 Å². The molecule has 1 nitrogen and oxygen atoms in total. The largest absolute Gasteiger partial charge is 0.377 e. The van der Waals surface area contributed by atoms with Crippen LogP contribution in [0.25, 0.3) is 0 Å². The highest BCUT2D eigenvalue weighted by molar-refractivity contribution is 14.1. The van der Waals surface area contributed by atoms with Crippen molar-refractivity contribution in [2.45, 2.75) is 13.0 Å². The molecule has 1 aromatic carbocycles. The summed E-state index contributed by atoms with van der Waals surface area (Å²) in [5.74, 6) is 0. The third-order valence-corrected chi connectivity index (χ3v) is 3.97. The van der Waals surface area contributed by atoms with E-state index in [4.69, 9.17) is 27.9 Å². The zero-order valence-electron chi connectivity index (χ0n) is 7.27. The quantitative estimate of drug-likeness (QED) is 0.580. The third-order valence-electron chi connectivity index (χ3n) is 1.86. The van der Waals surface area contributed by atoms with Crippen LogP contribution in [-0.2, 0) is 4.74 Å². The topological polar surface area (TPSA) is 9.23 Å². The van der Waals surface area contributed by atoms with Crippen LogP contribution in [-0.4, -0.2) is 7.11 Å². The van der Waals surface area contributed by atoms with Crippen molar-refractivity contribution in [2.24, 2.45) is 0 Å². The average Bonchev–Trinajstić information content (AvgIpc) is 2.13. The minimum atomic E-state index is -0.0259. The van der Waals surface area contributed by atoms with E-state index in [0.29, 0.717) is 10.0 Å². The highest BCUT2D eigenvalue weighted by Crippen LogP contribution is 2.34. The summed E-state index contributed by atoms with van der Waals surface area (Å²) < 4.78 is 6.12. The minimum absolute atomic E-state index is 0.0259. The van der Waals surface area contributed by atoms with E-state index >= 15 is 0 Å². The normalized spacial score (nSPS) is 13.0. The first-order valence-corrected chi connectivity index (χ1v) is 5.57. The van der Waals surface area contributed by atoms with E-state index in [1.165, 1.54) is 0 Å². The fourth-order valence-corrected chi connectivity index (χ4v) is 2.08. The second kappa shape index (κ2) is 4.82. The molecule has 0 saturated carbocycles. The van der Waals surface area contributed by atoms with Crippen LogP contribution < -0.4 is 0 Å². The Hall–Kier alpha value is 0.490. The molecule has 1 unspecified atom stereocenters. The molecule has 0 amide bonds. The fourth-order valence-electron chi connectivity index (χ4n) is 0.982. The summed E-state index contributed by atoms with van der Waals surface area (Å²) in [6.45, 7) is 1.93. The summed E-state index contributed by atoms with van der Waals surface area (Å²) in [5.41, 5.74) is 0.926. The first-order valence-electron chi connectivity index (χ1n) is 3.74. The van der Waals surface area contributed by atoms with Gasteiger partial charge in [0.25, 0.3) is 0 Å². The third kappa shape index (κ3) is 2.49. The Bertz CT molecular complexity index is 315. The summed E-state index contributed by atoms with van der Waals surface area (Å²) in [6, 6.07) is 3.86. The van der Waals surface area contributed by atoms with Gasteiger partial charge in [-0.1, -0.05) is 29.3 Å². The lowest BCUT2D eigenvalue weighted by atomic mass is 10.1. The van der Waals surface area contributed by atoms with E-state index in [1.54, 1.807) is 7.11 Å². The van der Waals surface area contributed by atoms with Gasteiger partial charge in [0.1, 0.15) is 0 Å². The van der Waals surface area contributed by atoms with Gasteiger partial charge in [-0.15, -0.1) is 0 Å². The predicted molar refractivity (Wildman–Crippen MR) is 64.6 cm³/mol. The molecule has 0 radical (unpaired) electrons. The van der Waals surface area contributed by atoms with Gasteiger partial charge in [-0.3, -0.25) is 0 Å². The molecule has 13 heavy (non-hydrogen) atoms. The Kier molecular flexibility index (Phi) is 4.29. The molecule has 4 heteroatoms. The van der Waals surface area contributed by atoms with Crippen LogP contribution in [0.5, 0.6) is 0 Å². The maximum absolute atomic E-state index is 6.06. The lowest BCUT2D eigenvalue weighted by Crippen LogP contribution is -1.97. The maximum Gasteiger partial charge on any atom is 0.0807 e. The lowest BCUT2D eigenvalue weighted by Gasteiger charge is -2.13. The van der Waals surface area contributed by atoms with Gasteiger partial charge in [-0.05, 0) is 35.6 Å². The second-order valence-electron chi connectivity index (χ2n) is 2.64. The van der Waals surface area contributed by atoms with Gasteiger partial charge in [0, 0.05) is 16.2 Å². The molecule has 0 heterocycles. The van der Waals surface area contributed by atoms with Gasteiger partial charge in [0.2, 0.25) is 0 Å². The van der Waals surface area contributed by atoms with Gasteiger partial charge >= 0.3 is 0 Å². The lowest BCUT2D eigenvalue weighted by molar-refractivity contribution is 0.119. The molecule has 0 aliphatic heterocycles. The second-order valence-corrected chi connectivity index (χ2v) is 4.56. The van der Waals surface area contributed by atoms with Crippen molar-refractivity contribution >= 4 is 45.8 Å². The maximum atomic E-state index is 6.06. The minimum Gasteiger partial charge on any atom is -0.377 e. The van der Waals surface area contributed by atoms with Crippen molar-refractivity contribution in [1.82, 2.24) is 0 Å². The molecule has 0 bridgehead atoms. The molecular weight excluding hydrogens is 322 g/mol. The van der Waals surface area contributed by atoms with Crippen molar-refractivity contribution in [3.05, 3.63) is 31.3 Å². The zero-order chi connectivity index (χ0) is 10.0. The Morgan fingerprint density at radius 1 is 1.31 bits per heavy atom. The summed E-state index contributed by atoms with van der Waals surface area (Å²) in [6.07, 6.45) is -0.0259. The van der Waals surface area contributed by atoms with Gasteiger partial charge < -0.3 is 4.74 Å². The molecule has 0 saturated heterocycles. The smallest absolute Gasteiger partial charge is 0.0807 e. The van der Waals surface area contributed by atoms with Crippen molar-refractivity contribution in [3.8, 4) is 0 Å². The van der Waals surface area contributed by atoms with E-state index in [1.807, 2.05) is 19.1 Å². The molecule has 1 atom stereocenters. The Balaban J connectivity index is 3.18. The zero-order valence-corrected chi connectivity index (χ0v) is 10.9. The fraction of sp³-hybridized carbons (Fsp3) is 0.333. The number of benzene rings is 1. The van der Waals surface area contributed by atoms with Crippen LogP contribution >= 0.6 is 45.8 Å². The molecule has 0 spiro atoms. The number of halogens is 3. The molecule has 0 aliphatic rings. The van der Waals surface area contributed by atoms with Crippen molar-refractivity contribution in [3.63, 3.8) is 0 Å². The molecule has 0 N–H and O–H groups in total. The Morgan fingerprint density at radius 3 is 2.46 bits per heavy atom. The number of hydrogen-bond acceptors (Lipinski definition) is 1. The molecular formula is C9H9Cl2IO. The van der Waals surface area contributed by atoms with E-state index < -0.39 is 0 Å². The van der Waals surface area contributed by atoms with E-state index in [-0.39, 0.29) is 6.10 Å². The van der Waals surface area contributed by atoms with E-state index in [9.17, 15) is 0 Å². The summed E-state index contributed by atoms with van der Waals surface area (Å²) in [7, 11) is 1.65. The molecule has 0 aliphatic carbocycles. The molecule has 0 fully saturated rings. The van der Waals surface area contributed by atoms with Crippen LogP contribution in [0, 0.1) is 3.57 Å². The van der Waals surface area contributed by atoms with Crippen LogP contribution in [0.4, 0.5) is 0 Å². The number of methoxy groups -OCH3 is 1. The number of rotatable bonds is 2. The first kappa shape index (κ1) is 11.6. The molecule has 0 aromatic heterocycles. The first-order chi connectivity index (χ1) is 6.07. The van der Waals surface area contributed by atoms with Crippen LogP contribution in [0.3, 0.4) is 0 Å². The molecule has 1 rings (SSSR count).